The van der Waals surface area contributed by atoms with Gasteiger partial charge in [-0.1, -0.05) is 6.42 Å². The minimum atomic E-state index is -1.15. The lowest BCUT2D eigenvalue weighted by atomic mass is 10.2. The summed E-state index contributed by atoms with van der Waals surface area (Å²) >= 11 is 0. The van der Waals surface area contributed by atoms with Gasteiger partial charge in [0.15, 0.2) is 0 Å². The van der Waals surface area contributed by atoms with E-state index in [4.69, 9.17) is 5.11 Å². The number of hydrogen-bond donors (Lipinski definition) is 3. The van der Waals surface area contributed by atoms with Gasteiger partial charge in [-0.2, -0.15) is 0 Å². The summed E-state index contributed by atoms with van der Waals surface area (Å²) in [6.45, 7) is -0.296. The third kappa shape index (κ3) is 6.17. The zero-order chi connectivity index (χ0) is 15.0. The molecule has 0 spiro atoms. The Hall–Kier alpha value is -2.12. The van der Waals surface area contributed by atoms with Crippen LogP contribution in [-0.4, -0.2) is 59.9 Å². The van der Waals surface area contributed by atoms with Gasteiger partial charge in [-0.25, -0.2) is 0 Å². The summed E-state index contributed by atoms with van der Waals surface area (Å²) in [6.07, 6.45) is 3.14. The molecule has 0 atom stereocenters. The third-order valence-electron chi connectivity index (χ3n) is 2.89. The highest BCUT2D eigenvalue weighted by Gasteiger charge is 2.19. The van der Waals surface area contributed by atoms with Gasteiger partial charge in [0.1, 0.15) is 6.54 Å². The molecule has 1 rings (SSSR count). The molecule has 1 aliphatic heterocycles. The standard InChI is InChI=1S/C12H19N3O5/c16-9(14-7-12(19)20)6-13-10(17)8-15-5-3-1-2-4-11(15)18/h1-8H2,(H,13,17)(H,14,16)(H,19,20). The van der Waals surface area contributed by atoms with Gasteiger partial charge in [-0.15, -0.1) is 0 Å². The third-order valence-corrected chi connectivity index (χ3v) is 2.89. The van der Waals surface area contributed by atoms with E-state index >= 15 is 0 Å². The SMILES string of the molecule is O=C(O)CNC(=O)CNC(=O)CN1CCCCCC1=O. The first-order valence-corrected chi connectivity index (χ1v) is 6.52. The van der Waals surface area contributed by atoms with Crippen molar-refractivity contribution < 1.29 is 24.3 Å². The van der Waals surface area contributed by atoms with E-state index in [9.17, 15) is 19.2 Å². The van der Waals surface area contributed by atoms with Crippen LogP contribution in [0, 0.1) is 0 Å². The highest BCUT2D eigenvalue weighted by Crippen LogP contribution is 2.10. The van der Waals surface area contributed by atoms with Crippen molar-refractivity contribution in [2.45, 2.75) is 25.7 Å². The van der Waals surface area contributed by atoms with Crippen molar-refractivity contribution >= 4 is 23.7 Å². The molecule has 0 aromatic rings. The van der Waals surface area contributed by atoms with E-state index in [1.807, 2.05) is 0 Å². The lowest BCUT2D eigenvalue weighted by Gasteiger charge is -2.19. The van der Waals surface area contributed by atoms with Crippen LogP contribution in [-0.2, 0) is 19.2 Å². The van der Waals surface area contributed by atoms with Crippen LogP contribution in [0.5, 0.6) is 0 Å². The number of nitrogens with one attached hydrogen (secondary N) is 2. The predicted molar refractivity (Wildman–Crippen MR) is 68.7 cm³/mol. The maximum absolute atomic E-state index is 11.7. The molecule has 1 fully saturated rings. The molecule has 0 aromatic heterocycles. The van der Waals surface area contributed by atoms with Gasteiger partial charge in [0.05, 0.1) is 13.1 Å². The Kier molecular flexibility index (Phi) is 6.48. The summed E-state index contributed by atoms with van der Waals surface area (Å²) in [4.78, 5) is 46.2. The van der Waals surface area contributed by atoms with Gasteiger partial charge < -0.3 is 20.6 Å². The fourth-order valence-electron chi connectivity index (χ4n) is 1.85. The van der Waals surface area contributed by atoms with Crippen LogP contribution >= 0.6 is 0 Å². The molecule has 0 aliphatic carbocycles. The van der Waals surface area contributed by atoms with Crippen LogP contribution in [0.25, 0.3) is 0 Å². The second kappa shape index (κ2) is 8.13. The number of carbonyl (C=O) groups excluding carboxylic acids is 3. The van der Waals surface area contributed by atoms with Crippen LogP contribution in [0.3, 0.4) is 0 Å². The van der Waals surface area contributed by atoms with E-state index in [0.717, 1.165) is 19.3 Å². The van der Waals surface area contributed by atoms with Gasteiger partial charge in [0, 0.05) is 13.0 Å². The van der Waals surface area contributed by atoms with E-state index in [2.05, 4.69) is 10.6 Å². The molecule has 20 heavy (non-hydrogen) atoms. The number of rotatable bonds is 6. The summed E-state index contributed by atoms with van der Waals surface area (Å²) in [6, 6.07) is 0. The molecule has 1 saturated heterocycles. The van der Waals surface area contributed by atoms with E-state index in [1.54, 1.807) is 0 Å². The van der Waals surface area contributed by atoms with Crippen LogP contribution < -0.4 is 10.6 Å². The van der Waals surface area contributed by atoms with Crippen LogP contribution in [0.15, 0.2) is 0 Å². The van der Waals surface area contributed by atoms with Crippen molar-refractivity contribution in [2.75, 3.05) is 26.2 Å². The Bertz CT molecular complexity index is 397. The quantitative estimate of drug-likeness (QED) is 0.561. The zero-order valence-electron chi connectivity index (χ0n) is 11.2. The smallest absolute Gasteiger partial charge is 0.322 e. The molecule has 1 heterocycles. The topological polar surface area (TPSA) is 116 Å². The normalized spacial score (nSPS) is 15.4. The summed E-state index contributed by atoms with van der Waals surface area (Å²) in [5.41, 5.74) is 0. The average molecular weight is 285 g/mol. The molecule has 0 saturated carbocycles. The fraction of sp³-hybridized carbons (Fsp3) is 0.667. The predicted octanol–water partition coefficient (Wildman–Crippen LogP) is -1.29. The monoisotopic (exact) mass is 285 g/mol. The maximum atomic E-state index is 11.7. The van der Waals surface area contributed by atoms with Gasteiger partial charge >= 0.3 is 5.97 Å². The molecule has 0 unspecified atom stereocenters. The summed E-state index contributed by atoms with van der Waals surface area (Å²) < 4.78 is 0. The molecular formula is C12H19N3O5. The van der Waals surface area contributed by atoms with E-state index < -0.39 is 24.3 Å². The summed E-state index contributed by atoms with van der Waals surface area (Å²) in [5, 5.41) is 12.8. The first-order valence-electron chi connectivity index (χ1n) is 6.52. The molecule has 0 radical (unpaired) electrons. The largest absolute Gasteiger partial charge is 0.480 e. The zero-order valence-corrected chi connectivity index (χ0v) is 11.2. The Morgan fingerprint density at radius 3 is 2.45 bits per heavy atom. The second-order valence-electron chi connectivity index (χ2n) is 4.57. The van der Waals surface area contributed by atoms with Crippen LogP contribution in [0.2, 0.25) is 0 Å². The Balaban J connectivity index is 2.26. The molecule has 112 valence electrons. The minimum Gasteiger partial charge on any atom is -0.480 e. The van der Waals surface area contributed by atoms with Crippen molar-refractivity contribution in [3.8, 4) is 0 Å². The summed E-state index contributed by atoms with van der Waals surface area (Å²) in [5.74, 6) is -2.21. The number of nitrogens with zero attached hydrogens (tertiary/aromatic N) is 1. The number of carboxylic acid groups (broad SMARTS) is 1. The minimum absolute atomic E-state index is 0.0482. The molecule has 3 amide bonds. The number of hydrogen-bond acceptors (Lipinski definition) is 4. The van der Waals surface area contributed by atoms with E-state index in [-0.39, 0.29) is 19.0 Å². The second-order valence-corrected chi connectivity index (χ2v) is 4.57. The van der Waals surface area contributed by atoms with Gasteiger partial charge in [0.2, 0.25) is 17.7 Å². The number of amides is 3. The lowest BCUT2D eigenvalue weighted by Crippen LogP contribution is -2.44. The van der Waals surface area contributed by atoms with E-state index in [0.29, 0.717) is 13.0 Å². The molecule has 3 N–H and O–H groups in total. The number of likely N-dealkylation sites (tertiary alicyclic amines) is 1. The Morgan fingerprint density at radius 2 is 1.75 bits per heavy atom. The molecule has 1 aliphatic rings. The van der Waals surface area contributed by atoms with Crippen molar-refractivity contribution in [3.05, 3.63) is 0 Å². The number of aliphatic carboxylic acids is 1. The molecular weight excluding hydrogens is 266 g/mol. The van der Waals surface area contributed by atoms with Crippen molar-refractivity contribution in [2.24, 2.45) is 0 Å². The van der Waals surface area contributed by atoms with Crippen molar-refractivity contribution in [3.63, 3.8) is 0 Å². The van der Waals surface area contributed by atoms with Gasteiger partial charge in [-0.3, -0.25) is 19.2 Å². The number of carbonyl (C=O) groups is 4. The van der Waals surface area contributed by atoms with E-state index in [1.165, 1.54) is 4.90 Å². The van der Waals surface area contributed by atoms with Gasteiger partial charge in [0.25, 0.3) is 0 Å². The molecule has 0 bridgehead atoms. The van der Waals surface area contributed by atoms with Crippen LogP contribution in [0.4, 0.5) is 0 Å². The number of carboxylic acids is 1. The highest BCUT2D eigenvalue weighted by molar-refractivity contribution is 5.89. The Labute approximate surface area is 116 Å². The highest BCUT2D eigenvalue weighted by atomic mass is 16.4. The lowest BCUT2D eigenvalue weighted by molar-refractivity contribution is -0.138. The first-order chi connectivity index (χ1) is 9.49. The molecule has 0 aromatic carbocycles. The first kappa shape index (κ1) is 15.9. The maximum Gasteiger partial charge on any atom is 0.322 e. The average Bonchev–Trinajstić information content (AvgIpc) is 2.59. The fourth-order valence-corrected chi connectivity index (χ4v) is 1.85. The van der Waals surface area contributed by atoms with Crippen LogP contribution in [0.1, 0.15) is 25.7 Å². The van der Waals surface area contributed by atoms with Crippen molar-refractivity contribution in [1.29, 1.82) is 0 Å². The molecule has 8 nitrogen and oxygen atoms in total. The Morgan fingerprint density at radius 1 is 1.05 bits per heavy atom. The van der Waals surface area contributed by atoms with Gasteiger partial charge in [-0.05, 0) is 12.8 Å². The van der Waals surface area contributed by atoms with Crippen molar-refractivity contribution in [1.82, 2.24) is 15.5 Å². The molecule has 8 heteroatoms. The summed E-state index contributed by atoms with van der Waals surface area (Å²) in [7, 11) is 0.